The molecule has 1 atom stereocenters. The molecule has 0 bridgehead atoms. The zero-order chi connectivity index (χ0) is 26.2. The molecule has 11 heteroatoms. The number of primary amides is 1. The van der Waals surface area contributed by atoms with Crippen molar-refractivity contribution < 1.29 is 19.2 Å². The summed E-state index contributed by atoms with van der Waals surface area (Å²) in [4.78, 5) is 47.9. The van der Waals surface area contributed by atoms with Crippen molar-refractivity contribution >= 4 is 29.6 Å². The Labute approximate surface area is 199 Å². The van der Waals surface area contributed by atoms with Crippen molar-refractivity contribution in [2.75, 3.05) is 26.2 Å². The van der Waals surface area contributed by atoms with Crippen molar-refractivity contribution in [1.82, 2.24) is 16.0 Å². The molecule has 33 heavy (non-hydrogen) atoms. The van der Waals surface area contributed by atoms with Gasteiger partial charge in [0.05, 0.1) is 13.1 Å². The van der Waals surface area contributed by atoms with Crippen LogP contribution in [0.1, 0.15) is 73.6 Å². The lowest BCUT2D eigenvalue weighted by Gasteiger charge is -2.13. The molecule has 0 aromatic rings. The first kappa shape index (κ1) is 34.8. The molecule has 1 rings (SSSR count). The van der Waals surface area contributed by atoms with E-state index in [-0.39, 0.29) is 54.5 Å². The van der Waals surface area contributed by atoms with E-state index in [0.717, 1.165) is 38.6 Å². The summed E-state index contributed by atoms with van der Waals surface area (Å²) in [5.74, 6) is -0.785. The van der Waals surface area contributed by atoms with Gasteiger partial charge in [-0.25, -0.2) is 0 Å². The SMILES string of the molecule is CC.CC(C)C(N)=O.CC1CCCCCNC(=O)CNC(=O)CNC1=O.CCCN=C(N)N. The summed E-state index contributed by atoms with van der Waals surface area (Å²) in [7, 11) is 0. The van der Waals surface area contributed by atoms with Gasteiger partial charge in [-0.2, -0.15) is 0 Å². The fraction of sp³-hybridized carbons (Fsp3) is 0.773. The molecule has 0 aromatic carbocycles. The topological polar surface area (TPSA) is 195 Å². The Morgan fingerprint density at radius 2 is 1.48 bits per heavy atom. The maximum absolute atomic E-state index is 11.6. The van der Waals surface area contributed by atoms with Crippen LogP contribution in [0.3, 0.4) is 0 Å². The highest BCUT2D eigenvalue weighted by atomic mass is 16.2. The van der Waals surface area contributed by atoms with E-state index in [1.165, 1.54) is 0 Å². The van der Waals surface area contributed by atoms with E-state index < -0.39 is 0 Å². The molecule has 1 aliphatic heterocycles. The molecule has 0 spiro atoms. The number of hydrogen-bond donors (Lipinski definition) is 6. The van der Waals surface area contributed by atoms with E-state index in [9.17, 15) is 19.2 Å². The molecule has 1 unspecified atom stereocenters. The van der Waals surface area contributed by atoms with Gasteiger partial charge in [-0.1, -0.05) is 54.4 Å². The van der Waals surface area contributed by atoms with E-state index in [0.29, 0.717) is 6.54 Å². The molecule has 194 valence electrons. The zero-order valence-corrected chi connectivity index (χ0v) is 21.3. The van der Waals surface area contributed by atoms with Gasteiger partial charge < -0.3 is 33.2 Å². The predicted molar refractivity (Wildman–Crippen MR) is 133 cm³/mol. The molecular weight excluding hydrogens is 426 g/mol. The second-order valence-electron chi connectivity index (χ2n) is 7.46. The molecule has 11 nitrogen and oxygen atoms in total. The molecule has 1 fully saturated rings. The smallest absolute Gasteiger partial charge is 0.239 e. The van der Waals surface area contributed by atoms with Crippen molar-refractivity contribution in [3.63, 3.8) is 0 Å². The third-order valence-electron chi connectivity index (χ3n) is 4.04. The third-order valence-corrected chi connectivity index (χ3v) is 4.04. The minimum Gasteiger partial charge on any atom is -0.370 e. The van der Waals surface area contributed by atoms with E-state index in [4.69, 9.17) is 17.2 Å². The van der Waals surface area contributed by atoms with Gasteiger partial charge in [0, 0.05) is 24.9 Å². The summed E-state index contributed by atoms with van der Waals surface area (Å²) in [5, 5.41) is 7.76. The van der Waals surface area contributed by atoms with Crippen LogP contribution in [0, 0.1) is 11.8 Å². The molecular formula is C22H47N7O4. The number of aliphatic imine (C=N–C) groups is 1. The van der Waals surface area contributed by atoms with E-state index in [2.05, 4.69) is 20.9 Å². The maximum atomic E-state index is 11.6. The molecule has 0 saturated carbocycles. The molecule has 1 heterocycles. The fourth-order valence-electron chi connectivity index (χ4n) is 2.00. The third kappa shape index (κ3) is 27.1. The van der Waals surface area contributed by atoms with Crippen LogP contribution in [0.15, 0.2) is 4.99 Å². The monoisotopic (exact) mass is 473 g/mol. The molecule has 1 aliphatic rings. The highest BCUT2D eigenvalue weighted by Gasteiger charge is 2.14. The first-order valence-corrected chi connectivity index (χ1v) is 11.7. The molecule has 1 saturated heterocycles. The van der Waals surface area contributed by atoms with Gasteiger partial charge in [0.2, 0.25) is 23.6 Å². The second-order valence-corrected chi connectivity index (χ2v) is 7.46. The normalized spacial score (nSPS) is 16.9. The Kier molecular flexibility index (Phi) is 25.1. The van der Waals surface area contributed by atoms with Crippen molar-refractivity contribution in [2.45, 2.75) is 73.6 Å². The lowest BCUT2D eigenvalue weighted by molar-refractivity contribution is -0.129. The Morgan fingerprint density at radius 1 is 0.970 bits per heavy atom. The van der Waals surface area contributed by atoms with Crippen LogP contribution >= 0.6 is 0 Å². The number of guanidine groups is 1. The van der Waals surface area contributed by atoms with Gasteiger partial charge in [-0.05, 0) is 19.3 Å². The second kappa shape index (κ2) is 23.8. The summed E-state index contributed by atoms with van der Waals surface area (Å²) in [6.45, 7) is 12.7. The standard InChI is InChI=1S/C12H21N3O3.C4H11N3.C4H9NO.C2H6/c1-9-5-3-2-4-6-13-10(16)7-14-11(17)8-15-12(9)18;1-2-3-7-4(5)6;1-3(2)4(5)6;1-2/h9H,2-8H2,1H3,(H,13,16)(H,14,17)(H,15,18);2-3H2,1H3,(H4,5,6,7);3H,1-2H3,(H2,5,6);1-2H3. The quantitative estimate of drug-likeness (QED) is 0.253. The number of amides is 4. The maximum Gasteiger partial charge on any atom is 0.239 e. The lowest BCUT2D eigenvalue weighted by Crippen LogP contribution is -2.43. The molecule has 0 aliphatic carbocycles. The lowest BCUT2D eigenvalue weighted by atomic mass is 10.0. The van der Waals surface area contributed by atoms with Crippen LogP contribution in [0.4, 0.5) is 0 Å². The fourth-order valence-corrected chi connectivity index (χ4v) is 2.00. The van der Waals surface area contributed by atoms with Gasteiger partial charge in [0.15, 0.2) is 5.96 Å². The van der Waals surface area contributed by atoms with Crippen molar-refractivity contribution in [3.8, 4) is 0 Å². The van der Waals surface area contributed by atoms with Crippen molar-refractivity contribution in [2.24, 2.45) is 34.0 Å². The summed E-state index contributed by atoms with van der Waals surface area (Å²) in [6, 6.07) is 0. The van der Waals surface area contributed by atoms with Crippen molar-refractivity contribution in [1.29, 1.82) is 0 Å². The van der Waals surface area contributed by atoms with E-state index >= 15 is 0 Å². The van der Waals surface area contributed by atoms with E-state index in [1.54, 1.807) is 13.8 Å². The van der Waals surface area contributed by atoms with Gasteiger partial charge in [0.25, 0.3) is 0 Å². The minimum absolute atomic E-state index is 0.00926. The van der Waals surface area contributed by atoms with E-state index in [1.807, 2.05) is 27.7 Å². The highest BCUT2D eigenvalue weighted by molar-refractivity contribution is 5.88. The van der Waals surface area contributed by atoms with Crippen LogP contribution in [-0.4, -0.2) is 55.8 Å². The average molecular weight is 474 g/mol. The minimum atomic E-state index is -0.345. The number of nitrogens with zero attached hydrogens (tertiary/aromatic N) is 1. The molecule has 0 aromatic heterocycles. The van der Waals surface area contributed by atoms with Crippen LogP contribution in [0.2, 0.25) is 0 Å². The molecule has 4 amide bonds. The summed E-state index contributed by atoms with van der Waals surface area (Å²) < 4.78 is 0. The van der Waals surface area contributed by atoms with Crippen LogP contribution in [0.25, 0.3) is 0 Å². The Morgan fingerprint density at radius 3 is 1.94 bits per heavy atom. The number of rotatable bonds is 3. The van der Waals surface area contributed by atoms with Gasteiger partial charge in [0.1, 0.15) is 0 Å². The van der Waals surface area contributed by atoms with Gasteiger partial charge >= 0.3 is 0 Å². The number of carbonyl (C=O) groups is 4. The van der Waals surface area contributed by atoms with Gasteiger partial charge in [-0.15, -0.1) is 0 Å². The van der Waals surface area contributed by atoms with Crippen LogP contribution in [-0.2, 0) is 19.2 Å². The Balaban J connectivity index is -0.000000494. The number of carbonyl (C=O) groups excluding carboxylic acids is 4. The van der Waals surface area contributed by atoms with Gasteiger partial charge in [-0.3, -0.25) is 24.2 Å². The summed E-state index contributed by atoms with van der Waals surface area (Å²) >= 11 is 0. The number of nitrogens with two attached hydrogens (primary N) is 3. The van der Waals surface area contributed by atoms with Crippen LogP contribution in [0.5, 0.6) is 0 Å². The molecule has 0 radical (unpaired) electrons. The van der Waals surface area contributed by atoms with Crippen LogP contribution < -0.4 is 33.2 Å². The predicted octanol–water partition coefficient (Wildman–Crippen LogP) is 0.369. The summed E-state index contributed by atoms with van der Waals surface area (Å²) in [6.07, 6.45) is 4.65. The molecule has 9 N–H and O–H groups in total. The first-order chi connectivity index (χ1) is 15.5. The first-order valence-electron chi connectivity index (χ1n) is 11.7. The Hall–Kier alpha value is -2.85. The Bertz CT molecular complexity index is 577. The number of hydrogen-bond acceptors (Lipinski definition) is 5. The highest BCUT2D eigenvalue weighted by Crippen LogP contribution is 2.09. The average Bonchev–Trinajstić information content (AvgIpc) is 2.78. The van der Waals surface area contributed by atoms with Crippen molar-refractivity contribution in [3.05, 3.63) is 0 Å². The summed E-state index contributed by atoms with van der Waals surface area (Å²) in [5.41, 5.74) is 14.8. The number of nitrogens with one attached hydrogen (secondary N) is 3. The largest absolute Gasteiger partial charge is 0.370 e. The zero-order valence-electron chi connectivity index (χ0n) is 21.3.